The van der Waals surface area contributed by atoms with Crippen molar-refractivity contribution in [1.82, 2.24) is 10.2 Å². The van der Waals surface area contributed by atoms with Gasteiger partial charge in [-0.05, 0) is 35.4 Å². The molecular formula is C27H30N2O4. The second-order valence-electron chi connectivity index (χ2n) is 8.05. The van der Waals surface area contributed by atoms with Crippen LogP contribution in [0.1, 0.15) is 11.1 Å². The van der Waals surface area contributed by atoms with Crippen LogP contribution in [0.5, 0.6) is 11.5 Å². The molecule has 1 fully saturated rings. The maximum Gasteiger partial charge on any atom is 0.258 e. The largest absolute Gasteiger partial charge is 0.489 e. The number of rotatable bonds is 10. The minimum Gasteiger partial charge on any atom is -0.489 e. The van der Waals surface area contributed by atoms with Crippen molar-refractivity contribution >= 4 is 5.91 Å². The molecule has 1 aliphatic heterocycles. The van der Waals surface area contributed by atoms with E-state index < -0.39 is 0 Å². The highest BCUT2D eigenvalue weighted by Crippen LogP contribution is 2.18. The molecule has 3 aromatic carbocycles. The van der Waals surface area contributed by atoms with Crippen LogP contribution in [-0.2, 0) is 22.7 Å². The van der Waals surface area contributed by atoms with E-state index in [9.17, 15) is 4.79 Å². The Morgan fingerprint density at radius 2 is 1.52 bits per heavy atom. The van der Waals surface area contributed by atoms with Crippen LogP contribution in [0.25, 0.3) is 0 Å². The fraction of sp³-hybridized carbons (Fsp3) is 0.296. The van der Waals surface area contributed by atoms with Crippen LogP contribution in [0.3, 0.4) is 0 Å². The fourth-order valence-electron chi connectivity index (χ4n) is 3.69. The van der Waals surface area contributed by atoms with E-state index in [1.165, 1.54) is 5.56 Å². The molecule has 0 radical (unpaired) electrons. The average molecular weight is 447 g/mol. The van der Waals surface area contributed by atoms with E-state index in [0.717, 1.165) is 30.9 Å². The van der Waals surface area contributed by atoms with E-state index in [1.54, 1.807) is 12.1 Å². The van der Waals surface area contributed by atoms with Crippen molar-refractivity contribution in [2.75, 3.05) is 32.8 Å². The van der Waals surface area contributed by atoms with Crippen LogP contribution in [0.2, 0.25) is 0 Å². The molecule has 1 aliphatic rings. The van der Waals surface area contributed by atoms with Crippen molar-refractivity contribution in [3.8, 4) is 11.5 Å². The van der Waals surface area contributed by atoms with Gasteiger partial charge in [0.05, 0.1) is 12.7 Å². The number of ether oxygens (including phenoxy) is 3. The van der Waals surface area contributed by atoms with Gasteiger partial charge in [-0.1, -0.05) is 60.7 Å². The summed E-state index contributed by atoms with van der Waals surface area (Å²) >= 11 is 0. The lowest BCUT2D eigenvalue weighted by Crippen LogP contribution is -2.47. The van der Waals surface area contributed by atoms with Gasteiger partial charge >= 0.3 is 0 Å². The third kappa shape index (κ3) is 7.63. The lowest BCUT2D eigenvalue weighted by Gasteiger charge is -2.33. The Balaban J connectivity index is 1.14. The average Bonchev–Trinajstić information content (AvgIpc) is 2.87. The number of morpholine rings is 1. The number of nitrogens with one attached hydrogen (secondary N) is 1. The van der Waals surface area contributed by atoms with E-state index in [4.69, 9.17) is 14.2 Å². The molecule has 1 heterocycles. The van der Waals surface area contributed by atoms with Crippen molar-refractivity contribution in [2.24, 2.45) is 0 Å². The van der Waals surface area contributed by atoms with Gasteiger partial charge in [0.2, 0.25) is 0 Å². The summed E-state index contributed by atoms with van der Waals surface area (Å²) in [5.41, 5.74) is 2.40. The molecule has 6 heteroatoms. The summed E-state index contributed by atoms with van der Waals surface area (Å²) < 4.78 is 17.2. The predicted molar refractivity (Wildman–Crippen MR) is 127 cm³/mol. The monoisotopic (exact) mass is 446 g/mol. The third-order valence-electron chi connectivity index (χ3n) is 5.44. The Morgan fingerprint density at radius 1 is 0.879 bits per heavy atom. The van der Waals surface area contributed by atoms with Crippen molar-refractivity contribution in [1.29, 1.82) is 0 Å². The molecule has 0 aromatic heterocycles. The standard InChI is InChI=1S/C27H30N2O4/c30-27(28-17-26-19-29(15-16-31-26)18-22-7-3-1-4-8-22)21-33-25-13-11-24(12-14-25)32-20-23-9-5-2-6-10-23/h1-14,26H,15-21H2,(H,28,30). The summed E-state index contributed by atoms with van der Waals surface area (Å²) in [5.74, 6) is 1.22. The molecule has 3 aromatic rings. The number of benzene rings is 3. The van der Waals surface area contributed by atoms with Gasteiger partial charge in [0.1, 0.15) is 18.1 Å². The molecule has 1 atom stereocenters. The molecule has 6 nitrogen and oxygen atoms in total. The van der Waals surface area contributed by atoms with Gasteiger partial charge in [-0.3, -0.25) is 9.69 Å². The lowest BCUT2D eigenvalue weighted by atomic mass is 10.2. The molecule has 1 unspecified atom stereocenters. The van der Waals surface area contributed by atoms with E-state index in [1.807, 2.05) is 48.5 Å². The quantitative estimate of drug-likeness (QED) is 0.515. The van der Waals surface area contributed by atoms with Gasteiger partial charge < -0.3 is 19.5 Å². The molecule has 1 N–H and O–H groups in total. The summed E-state index contributed by atoms with van der Waals surface area (Å²) in [5, 5.41) is 2.92. The summed E-state index contributed by atoms with van der Waals surface area (Å²) in [7, 11) is 0. The van der Waals surface area contributed by atoms with Crippen molar-refractivity contribution < 1.29 is 19.0 Å². The van der Waals surface area contributed by atoms with Crippen LogP contribution in [0, 0.1) is 0 Å². The number of hydrogen-bond acceptors (Lipinski definition) is 5. The Morgan fingerprint density at radius 3 is 2.21 bits per heavy atom. The molecular weight excluding hydrogens is 416 g/mol. The van der Waals surface area contributed by atoms with Crippen LogP contribution in [-0.4, -0.2) is 49.8 Å². The second-order valence-corrected chi connectivity index (χ2v) is 8.05. The topological polar surface area (TPSA) is 60.0 Å². The van der Waals surface area contributed by atoms with Gasteiger partial charge in [0, 0.05) is 26.2 Å². The van der Waals surface area contributed by atoms with Crippen LogP contribution < -0.4 is 14.8 Å². The number of amides is 1. The van der Waals surface area contributed by atoms with Gasteiger partial charge in [0.15, 0.2) is 6.61 Å². The van der Waals surface area contributed by atoms with Gasteiger partial charge in [0.25, 0.3) is 5.91 Å². The number of hydrogen-bond donors (Lipinski definition) is 1. The van der Waals surface area contributed by atoms with Crippen LogP contribution in [0.4, 0.5) is 0 Å². The lowest BCUT2D eigenvalue weighted by molar-refractivity contribution is -0.124. The fourth-order valence-corrected chi connectivity index (χ4v) is 3.69. The van der Waals surface area contributed by atoms with E-state index in [2.05, 4.69) is 34.5 Å². The highest BCUT2D eigenvalue weighted by Gasteiger charge is 2.21. The van der Waals surface area contributed by atoms with Gasteiger partial charge in [-0.2, -0.15) is 0 Å². The zero-order valence-electron chi connectivity index (χ0n) is 18.7. The zero-order valence-corrected chi connectivity index (χ0v) is 18.7. The van der Waals surface area contributed by atoms with Crippen molar-refractivity contribution in [3.05, 3.63) is 96.1 Å². The first kappa shape index (κ1) is 22.8. The number of nitrogens with zero attached hydrogens (tertiary/aromatic N) is 1. The Labute approximate surface area is 195 Å². The van der Waals surface area contributed by atoms with Crippen LogP contribution in [0.15, 0.2) is 84.9 Å². The Kier molecular flexibility index (Phi) is 8.33. The minimum absolute atomic E-state index is 0.0209. The molecule has 0 spiro atoms. The van der Waals surface area contributed by atoms with E-state index in [-0.39, 0.29) is 18.6 Å². The molecule has 172 valence electrons. The SMILES string of the molecule is O=C(COc1ccc(OCc2ccccc2)cc1)NCC1CN(Cc2ccccc2)CCO1. The summed E-state index contributed by atoms with van der Waals surface area (Å²) in [6.07, 6.45) is -0.0209. The zero-order chi connectivity index (χ0) is 22.7. The Bertz CT molecular complexity index is 980. The first-order valence-corrected chi connectivity index (χ1v) is 11.3. The van der Waals surface area contributed by atoms with Crippen molar-refractivity contribution in [3.63, 3.8) is 0 Å². The summed E-state index contributed by atoms with van der Waals surface area (Å²) in [4.78, 5) is 14.6. The maximum absolute atomic E-state index is 12.2. The smallest absolute Gasteiger partial charge is 0.258 e. The second kappa shape index (κ2) is 12.0. The molecule has 0 saturated carbocycles. The highest BCUT2D eigenvalue weighted by atomic mass is 16.5. The normalized spacial score (nSPS) is 16.2. The van der Waals surface area contributed by atoms with Crippen LogP contribution >= 0.6 is 0 Å². The van der Waals surface area contributed by atoms with Crippen molar-refractivity contribution in [2.45, 2.75) is 19.3 Å². The summed E-state index contributed by atoms with van der Waals surface area (Å²) in [6.45, 7) is 4.19. The summed E-state index contributed by atoms with van der Waals surface area (Å²) in [6, 6.07) is 27.7. The van der Waals surface area contributed by atoms with E-state index in [0.29, 0.717) is 25.5 Å². The molecule has 0 aliphatic carbocycles. The number of carbonyl (C=O) groups is 1. The molecule has 4 rings (SSSR count). The molecule has 1 saturated heterocycles. The predicted octanol–water partition coefficient (Wildman–Crippen LogP) is 3.66. The minimum atomic E-state index is -0.164. The van der Waals surface area contributed by atoms with Gasteiger partial charge in [-0.15, -0.1) is 0 Å². The van der Waals surface area contributed by atoms with Gasteiger partial charge in [-0.25, -0.2) is 0 Å². The third-order valence-corrected chi connectivity index (χ3v) is 5.44. The number of carbonyl (C=O) groups excluding carboxylic acids is 1. The first-order valence-electron chi connectivity index (χ1n) is 11.3. The van der Waals surface area contributed by atoms with E-state index >= 15 is 0 Å². The Hall–Kier alpha value is -3.35. The molecule has 33 heavy (non-hydrogen) atoms. The highest BCUT2D eigenvalue weighted by molar-refractivity contribution is 5.77. The molecule has 0 bridgehead atoms. The maximum atomic E-state index is 12.2. The molecule has 1 amide bonds. The first-order chi connectivity index (χ1) is 16.2.